The maximum Gasteiger partial charge on any atom is 0.338 e. The Balaban J connectivity index is 1.75. The molecule has 0 aromatic heterocycles. The highest BCUT2D eigenvalue weighted by Crippen LogP contribution is 2.14. The number of ether oxygens (including phenoxy) is 2. The van der Waals surface area contributed by atoms with Crippen LogP contribution in [-0.2, 0) is 4.74 Å². The van der Waals surface area contributed by atoms with Gasteiger partial charge in [-0.3, -0.25) is 4.90 Å². The second kappa shape index (κ2) is 8.86. The molecule has 1 aromatic rings. The lowest BCUT2D eigenvalue weighted by Gasteiger charge is -2.31. The van der Waals surface area contributed by atoms with Crippen LogP contribution in [0.25, 0.3) is 0 Å². The van der Waals surface area contributed by atoms with Gasteiger partial charge < -0.3 is 19.7 Å². The summed E-state index contributed by atoms with van der Waals surface area (Å²) in [6.45, 7) is 4.25. The van der Waals surface area contributed by atoms with E-state index in [0.29, 0.717) is 31.0 Å². The number of β-amino-alcohol motifs (C(OH)–C–C–N with tert-alkyl or cyclic N) is 2. The fraction of sp³-hybridized carbons (Fsp3) is 0.588. The van der Waals surface area contributed by atoms with Crippen molar-refractivity contribution in [3.63, 3.8) is 0 Å². The Morgan fingerprint density at radius 1 is 1.39 bits per heavy atom. The molecule has 0 amide bonds. The summed E-state index contributed by atoms with van der Waals surface area (Å²) in [7, 11) is 0. The van der Waals surface area contributed by atoms with Crippen LogP contribution < -0.4 is 4.74 Å². The second-order valence-electron chi connectivity index (χ2n) is 5.77. The third-order valence-corrected chi connectivity index (χ3v) is 3.76. The number of hydrogen-bond donors (Lipinski definition) is 2. The molecule has 6 heteroatoms. The highest BCUT2D eigenvalue weighted by Gasteiger charge is 2.20. The van der Waals surface area contributed by atoms with Gasteiger partial charge in [0.15, 0.2) is 0 Å². The van der Waals surface area contributed by atoms with Crippen molar-refractivity contribution >= 4 is 5.97 Å². The van der Waals surface area contributed by atoms with Crippen LogP contribution in [-0.4, -0.2) is 66.1 Å². The van der Waals surface area contributed by atoms with E-state index in [1.54, 1.807) is 31.2 Å². The summed E-state index contributed by atoms with van der Waals surface area (Å²) in [5.41, 5.74) is 0.474. The Kier molecular flexibility index (Phi) is 6.83. The van der Waals surface area contributed by atoms with Crippen LogP contribution in [0.3, 0.4) is 0 Å². The van der Waals surface area contributed by atoms with Crippen molar-refractivity contribution in [3.05, 3.63) is 29.8 Å². The van der Waals surface area contributed by atoms with Gasteiger partial charge in [-0.15, -0.1) is 0 Å². The van der Waals surface area contributed by atoms with Gasteiger partial charge in [0.2, 0.25) is 0 Å². The molecule has 0 spiro atoms. The first-order valence-corrected chi connectivity index (χ1v) is 8.07. The molecule has 2 atom stereocenters. The molecule has 2 rings (SSSR count). The molecule has 1 aromatic carbocycles. The molecule has 1 saturated heterocycles. The zero-order valence-electron chi connectivity index (χ0n) is 13.5. The summed E-state index contributed by atoms with van der Waals surface area (Å²) in [4.78, 5) is 13.6. The number of carbonyl (C=O) groups is 1. The minimum absolute atomic E-state index is 0.172. The predicted molar refractivity (Wildman–Crippen MR) is 85.6 cm³/mol. The molecule has 6 nitrogen and oxygen atoms in total. The summed E-state index contributed by atoms with van der Waals surface area (Å²) in [6, 6.07) is 6.65. The average molecular weight is 323 g/mol. The lowest BCUT2D eigenvalue weighted by Crippen LogP contribution is -2.43. The Morgan fingerprint density at radius 3 is 2.78 bits per heavy atom. The minimum atomic E-state index is -0.620. The number of esters is 1. The van der Waals surface area contributed by atoms with Gasteiger partial charge in [0, 0.05) is 13.1 Å². The van der Waals surface area contributed by atoms with E-state index in [4.69, 9.17) is 9.47 Å². The summed E-state index contributed by atoms with van der Waals surface area (Å²) >= 11 is 0. The lowest BCUT2D eigenvalue weighted by molar-refractivity contribution is 0.0243. The third kappa shape index (κ3) is 5.82. The molecule has 0 unspecified atom stereocenters. The number of rotatable bonds is 7. The van der Waals surface area contributed by atoms with E-state index in [1.807, 2.05) is 4.90 Å². The van der Waals surface area contributed by atoms with E-state index in [-0.39, 0.29) is 18.7 Å². The zero-order valence-corrected chi connectivity index (χ0v) is 13.5. The van der Waals surface area contributed by atoms with Crippen molar-refractivity contribution in [1.29, 1.82) is 0 Å². The molecule has 0 radical (unpaired) electrons. The molecule has 0 bridgehead atoms. The van der Waals surface area contributed by atoms with Crippen LogP contribution in [0.1, 0.15) is 30.1 Å². The molecular weight excluding hydrogens is 298 g/mol. The van der Waals surface area contributed by atoms with Gasteiger partial charge in [0.25, 0.3) is 0 Å². The number of likely N-dealkylation sites (tertiary alicyclic amines) is 1. The zero-order chi connectivity index (χ0) is 16.7. The van der Waals surface area contributed by atoms with Crippen LogP contribution in [0.4, 0.5) is 0 Å². The number of hydrogen-bond acceptors (Lipinski definition) is 6. The number of aliphatic hydroxyl groups excluding tert-OH is 2. The quantitative estimate of drug-likeness (QED) is 0.731. The Bertz CT molecular complexity index is 490. The maximum atomic E-state index is 11.5. The topological polar surface area (TPSA) is 79.2 Å². The SMILES string of the molecule is CCOC(=O)c1ccc(OC[C@H](O)CN2CCC[C@H](O)C2)cc1. The van der Waals surface area contributed by atoms with Gasteiger partial charge in [-0.25, -0.2) is 4.79 Å². The van der Waals surface area contributed by atoms with Crippen molar-refractivity contribution in [1.82, 2.24) is 4.90 Å². The standard InChI is InChI=1S/C17H25NO5/c1-2-22-17(21)13-5-7-16(8-6-13)23-12-15(20)11-18-9-3-4-14(19)10-18/h5-8,14-15,19-20H,2-4,9-12H2,1H3/t14-,15+/m0/s1. The first-order chi connectivity index (χ1) is 11.1. The van der Waals surface area contributed by atoms with Gasteiger partial charge >= 0.3 is 5.97 Å². The Labute approximate surface area is 136 Å². The highest BCUT2D eigenvalue weighted by molar-refractivity contribution is 5.89. The molecule has 23 heavy (non-hydrogen) atoms. The number of aliphatic hydroxyl groups is 2. The first-order valence-electron chi connectivity index (χ1n) is 8.07. The van der Waals surface area contributed by atoms with E-state index in [1.165, 1.54) is 0 Å². The molecule has 0 saturated carbocycles. The van der Waals surface area contributed by atoms with E-state index in [9.17, 15) is 15.0 Å². The summed E-state index contributed by atoms with van der Waals surface area (Å²) in [6.07, 6.45) is 0.859. The van der Waals surface area contributed by atoms with E-state index >= 15 is 0 Å². The van der Waals surface area contributed by atoms with Gasteiger partial charge in [0.1, 0.15) is 18.5 Å². The van der Waals surface area contributed by atoms with Crippen LogP contribution in [0.2, 0.25) is 0 Å². The van der Waals surface area contributed by atoms with Gasteiger partial charge in [0.05, 0.1) is 18.3 Å². The van der Waals surface area contributed by atoms with Gasteiger partial charge in [-0.2, -0.15) is 0 Å². The van der Waals surface area contributed by atoms with Crippen molar-refractivity contribution in [3.8, 4) is 5.75 Å². The summed E-state index contributed by atoms with van der Waals surface area (Å²) in [5.74, 6) is 0.235. The fourth-order valence-corrected chi connectivity index (χ4v) is 2.64. The molecule has 1 aliphatic rings. The molecule has 1 fully saturated rings. The number of nitrogens with zero attached hydrogens (tertiary/aromatic N) is 1. The van der Waals surface area contributed by atoms with Crippen LogP contribution in [0.15, 0.2) is 24.3 Å². The highest BCUT2D eigenvalue weighted by atomic mass is 16.5. The molecule has 2 N–H and O–H groups in total. The monoisotopic (exact) mass is 323 g/mol. The predicted octanol–water partition coefficient (Wildman–Crippen LogP) is 1.06. The Morgan fingerprint density at radius 2 is 2.13 bits per heavy atom. The van der Waals surface area contributed by atoms with Crippen LogP contribution in [0.5, 0.6) is 5.75 Å². The smallest absolute Gasteiger partial charge is 0.338 e. The van der Waals surface area contributed by atoms with Crippen LogP contribution >= 0.6 is 0 Å². The first kappa shape index (κ1) is 17.7. The third-order valence-electron chi connectivity index (χ3n) is 3.76. The van der Waals surface area contributed by atoms with Gasteiger partial charge in [-0.05, 0) is 50.6 Å². The van der Waals surface area contributed by atoms with E-state index in [2.05, 4.69) is 0 Å². The normalized spacial score (nSPS) is 20.0. The largest absolute Gasteiger partial charge is 0.491 e. The summed E-state index contributed by atoms with van der Waals surface area (Å²) in [5, 5.41) is 19.7. The molecule has 0 aliphatic carbocycles. The fourth-order valence-electron chi connectivity index (χ4n) is 2.64. The van der Waals surface area contributed by atoms with Crippen molar-refractivity contribution in [2.24, 2.45) is 0 Å². The molecule has 1 heterocycles. The van der Waals surface area contributed by atoms with E-state index < -0.39 is 6.10 Å². The second-order valence-corrected chi connectivity index (χ2v) is 5.77. The maximum absolute atomic E-state index is 11.5. The average Bonchev–Trinajstić information content (AvgIpc) is 2.54. The van der Waals surface area contributed by atoms with Crippen molar-refractivity contribution in [2.45, 2.75) is 32.0 Å². The minimum Gasteiger partial charge on any atom is -0.491 e. The van der Waals surface area contributed by atoms with Crippen LogP contribution in [0, 0.1) is 0 Å². The number of piperidine rings is 1. The van der Waals surface area contributed by atoms with Crippen molar-refractivity contribution < 1.29 is 24.5 Å². The summed E-state index contributed by atoms with van der Waals surface area (Å²) < 4.78 is 10.5. The molecule has 128 valence electrons. The number of carbonyl (C=O) groups excluding carboxylic acids is 1. The van der Waals surface area contributed by atoms with E-state index in [0.717, 1.165) is 19.4 Å². The molecule has 1 aliphatic heterocycles. The molecular formula is C17H25NO5. The van der Waals surface area contributed by atoms with Crippen molar-refractivity contribution in [2.75, 3.05) is 32.8 Å². The Hall–Kier alpha value is -1.63. The van der Waals surface area contributed by atoms with Gasteiger partial charge in [-0.1, -0.05) is 0 Å². The lowest BCUT2D eigenvalue weighted by atomic mass is 10.1. The number of benzene rings is 1.